The van der Waals surface area contributed by atoms with Gasteiger partial charge in [0.15, 0.2) is 11.4 Å². The molecule has 0 spiro atoms. The van der Waals surface area contributed by atoms with E-state index < -0.39 is 0 Å². The van der Waals surface area contributed by atoms with E-state index >= 15 is 0 Å². The Hall–Kier alpha value is -3.57. The maximum absolute atomic E-state index is 6.03. The molecule has 7 rings (SSSR count). The number of nitrogens with zero attached hydrogens (tertiary/aromatic N) is 7. The predicted octanol–water partition coefficient (Wildman–Crippen LogP) is 2.40. The maximum Gasteiger partial charge on any atom is 0.236 e. The smallest absolute Gasteiger partial charge is 0.236 e. The average molecular weight is 476 g/mol. The van der Waals surface area contributed by atoms with Crippen molar-refractivity contribution >= 4 is 5.65 Å². The minimum atomic E-state index is 0.294. The van der Waals surface area contributed by atoms with Gasteiger partial charge in [0.2, 0.25) is 17.4 Å². The number of fused-ring (bicyclic) bond motifs is 2. The fourth-order valence-corrected chi connectivity index (χ4v) is 4.62. The van der Waals surface area contributed by atoms with Crippen molar-refractivity contribution in [2.24, 2.45) is 0 Å². The van der Waals surface area contributed by atoms with Gasteiger partial charge in [-0.2, -0.15) is 4.52 Å². The lowest BCUT2D eigenvalue weighted by Gasteiger charge is -2.39. The topological polar surface area (TPSA) is 113 Å². The number of pyridine rings is 1. The number of hydrogen-bond donors (Lipinski definition) is 0. The van der Waals surface area contributed by atoms with Crippen LogP contribution in [0.2, 0.25) is 0 Å². The quantitative estimate of drug-likeness (QED) is 0.395. The molecule has 11 heteroatoms. The van der Waals surface area contributed by atoms with Crippen molar-refractivity contribution in [2.75, 3.05) is 26.9 Å². The lowest BCUT2D eigenvalue weighted by molar-refractivity contribution is -0.0696. The molecule has 1 saturated heterocycles. The van der Waals surface area contributed by atoms with E-state index in [1.54, 1.807) is 17.7 Å². The van der Waals surface area contributed by atoms with Gasteiger partial charge in [0.05, 0.1) is 32.1 Å². The van der Waals surface area contributed by atoms with Gasteiger partial charge in [-0.3, -0.25) is 9.88 Å². The van der Waals surface area contributed by atoms with Crippen LogP contribution < -0.4 is 9.47 Å². The summed E-state index contributed by atoms with van der Waals surface area (Å²) in [7, 11) is 1.58. The number of hydrogen-bond acceptors (Lipinski definition) is 10. The van der Waals surface area contributed by atoms with Crippen LogP contribution >= 0.6 is 0 Å². The van der Waals surface area contributed by atoms with Gasteiger partial charge in [0, 0.05) is 43.3 Å². The van der Waals surface area contributed by atoms with Crippen molar-refractivity contribution in [3.8, 4) is 23.1 Å². The van der Waals surface area contributed by atoms with Crippen molar-refractivity contribution in [1.82, 2.24) is 34.9 Å². The van der Waals surface area contributed by atoms with Crippen LogP contribution in [0.4, 0.5) is 0 Å². The summed E-state index contributed by atoms with van der Waals surface area (Å²) in [6.45, 7) is 3.90. The van der Waals surface area contributed by atoms with Crippen molar-refractivity contribution < 1.29 is 18.7 Å². The van der Waals surface area contributed by atoms with Gasteiger partial charge in [-0.05, 0) is 24.5 Å². The van der Waals surface area contributed by atoms with Crippen molar-refractivity contribution in [3.05, 3.63) is 47.0 Å². The molecule has 0 bridgehead atoms. The molecule has 0 aromatic carbocycles. The van der Waals surface area contributed by atoms with E-state index in [0.717, 1.165) is 62.7 Å². The molecule has 4 aromatic heterocycles. The van der Waals surface area contributed by atoms with Gasteiger partial charge in [0.25, 0.3) is 0 Å². The molecule has 0 N–H and O–H groups in total. The number of rotatable bonds is 7. The molecule has 35 heavy (non-hydrogen) atoms. The zero-order valence-corrected chi connectivity index (χ0v) is 19.4. The summed E-state index contributed by atoms with van der Waals surface area (Å²) in [5.41, 5.74) is 4.35. The number of methoxy groups -OCH3 is 1. The van der Waals surface area contributed by atoms with Crippen LogP contribution in [-0.2, 0) is 24.3 Å². The normalized spacial score (nSPS) is 18.4. The molecular weight excluding hydrogens is 450 g/mol. The van der Waals surface area contributed by atoms with Crippen molar-refractivity contribution in [3.63, 3.8) is 0 Å². The molecule has 1 saturated carbocycles. The second-order valence-electron chi connectivity index (χ2n) is 9.31. The van der Waals surface area contributed by atoms with Gasteiger partial charge in [-0.25, -0.2) is 0 Å². The Morgan fingerprint density at radius 1 is 1.14 bits per heavy atom. The highest BCUT2D eigenvalue weighted by molar-refractivity contribution is 5.61. The third kappa shape index (κ3) is 3.80. The molecule has 0 amide bonds. The molecule has 3 aliphatic rings. The molecule has 1 aliphatic carbocycles. The summed E-state index contributed by atoms with van der Waals surface area (Å²) in [5.74, 6) is 2.71. The fourth-order valence-electron chi connectivity index (χ4n) is 4.62. The summed E-state index contributed by atoms with van der Waals surface area (Å²) in [5, 5.41) is 17.3. The van der Waals surface area contributed by atoms with Crippen LogP contribution in [-0.4, -0.2) is 67.8 Å². The standard InChI is InChI=1S/C24H25N7O4/c1-32-21-9-22(28-31-23(26-27-24(21)31)19-8-20(35-29-19)14-2-3-14)34-11-16-5-4-15-10-30(17-12-33-13-17)7-6-18(15)25-16/h4-5,8-9,14,17H,2-3,6-7,10-13H2,1H3. The van der Waals surface area contributed by atoms with Crippen LogP contribution in [0, 0.1) is 0 Å². The highest BCUT2D eigenvalue weighted by atomic mass is 16.5. The zero-order chi connectivity index (χ0) is 23.4. The maximum atomic E-state index is 6.03. The Kier molecular flexibility index (Phi) is 4.91. The van der Waals surface area contributed by atoms with Crippen LogP contribution in [0.3, 0.4) is 0 Å². The lowest BCUT2D eigenvalue weighted by Crippen LogP contribution is -2.50. The second kappa shape index (κ2) is 8.28. The van der Waals surface area contributed by atoms with E-state index in [1.807, 2.05) is 12.1 Å². The molecule has 4 aromatic rings. The Balaban J connectivity index is 1.11. The lowest BCUT2D eigenvalue weighted by atomic mass is 10.0. The average Bonchev–Trinajstić information content (AvgIpc) is 3.43. The summed E-state index contributed by atoms with van der Waals surface area (Å²) >= 11 is 0. The van der Waals surface area contributed by atoms with Gasteiger partial charge < -0.3 is 18.7 Å². The third-order valence-corrected chi connectivity index (χ3v) is 6.91. The summed E-state index contributed by atoms with van der Waals surface area (Å²) < 4.78 is 24.0. The molecule has 2 aliphatic heterocycles. The van der Waals surface area contributed by atoms with E-state index in [4.69, 9.17) is 23.7 Å². The van der Waals surface area contributed by atoms with E-state index in [1.165, 1.54) is 5.56 Å². The summed E-state index contributed by atoms with van der Waals surface area (Å²) in [6, 6.07) is 8.34. The van der Waals surface area contributed by atoms with Gasteiger partial charge in [0.1, 0.15) is 12.4 Å². The molecule has 180 valence electrons. The minimum absolute atomic E-state index is 0.294. The fraction of sp³-hybridized carbons (Fsp3) is 0.458. The highest BCUT2D eigenvalue weighted by Gasteiger charge is 2.30. The van der Waals surface area contributed by atoms with E-state index in [-0.39, 0.29) is 0 Å². The van der Waals surface area contributed by atoms with Crippen molar-refractivity contribution in [1.29, 1.82) is 0 Å². The van der Waals surface area contributed by atoms with Gasteiger partial charge >= 0.3 is 0 Å². The Labute approximate surface area is 201 Å². The monoisotopic (exact) mass is 475 g/mol. The van der Waals surface area contributed by atoms with E-state index in [2.05, 4.69) is 31.4 Å². The first-order valence-corrected chi connectivity index (χ1v) is 11.9. The van der Waals surface area contributed by atoms with Crippen LogP contribution in [0.1, 0.15) is 41.5 Å². The van der Waals surface area contributed by atoms with Gasteiger partial charge in [-0.1, -0.05) is 11.2 Å². The molecule has 2 fully saturated rings. The largest absolute Gasteiger partial charge is 0.493 e. The van der Waals surface area contributed by atoms with Crippen molar-refractivity contribution in [2.45, 2.75) is 44.4 Å². The second-order valence-corrected chi connectivity index (χ2v) is 9.31. The molecule has 11 nitrogen and oxygen atoms in total. The third-order valence-electron chi connectivity index (χ3n) is 6.91. The summed E-state index contributed by atoms with van der Waals surface area (Å²) in [4.78, 5) is 7.34. The first-order valence-electron chi connectivity index (χ1n) is 11.9. The summed E-state index contributed by atoms with van der Waals surface area (Å²) in [6.07, 6.45) is 3.19. The molecule has 0 atom stereocenters. The Morgan fingerprint density at radius 2 is 2.06 bits per heavy atom. The van der Waals surface area contributed by atoms with Crippen LogP contribution in [0.25, 0.3) is 17.2 Å². The molecular formula is C24H25N7O4. The zero-order valence-electron chi connectivity index (χ0n) is 19.4. The van der Waals surface area contributed by atoms with Gasteiger partial charge in [-0.15, -0.1) is 15.3 Å². The van der Waals surface area contributed by atoms with Crippen LogP contribution in [0.15, 0.2) is 28.8 Å². The first-order chi connectivity index (χ1) is 17.2. The Bertz CT molecular complexity index is 1390. The predicted molar refractivity (Wildman–Crippen MR) is 122 cm³/mol. The molecule has 0 unspecified atom stereocenters. The number of aromatic nitrogens is 6. The highest BCUT2D eigenvalue weighted by Crippen LogP contribution is 2.41. The minimum Gasteiger partial charge on any atom is -0.493 e. The molecule has 6 heterocycles. The molecule has 0 radical (unpaired) electrons. The van der Waals surface area contributed by atoms with E-state index in [0.29, 0.717) is 47.4 Å². The first kappa shape index (κ1) is 20.8. The Morgan fingerprint density at radius 3 is 2.86 bits per heavy atom. The SMILES string of the molecule is COc1cc(OCc2ccc3c(n2)CCN(C2COC2)C3)nn2c(-c3cc(C4CC4)on3)nnc12. The number of ether oxygens (including phenoxy) is 3. The van der Waals surface area contributed by atoms with Crippen LogP contribution in [0.5, 0.6) is 11.6 Å². The van der Waals surface area contributed by atoms with E-state index in [9.17, 15) is 0 Å².